The van der Waals surface area contributed by atoms with E-state index in [1.54, 1.807) is 7.05 Å². The molecule has 1 N–H and O–H groups in total. The van der Waals surface area contributed by atoms with Crippen molar-refractivity contribution in [2.45, 2.75) is 30.7 Å². The molecular weight excluding hydrogens is 270 g/mol. The highest BCUT2D eigenvalue weighted by atomic mass is 32.2. The van der Waals surface area contributed by atoms with Gasteiger partial charge in [0.1, 0.15) is 0 Å². The van der Waals surface area contributed by atoms with Crippen molar-refractivity contribution in [3.63, 3.8) is 0 Å². The van der Waals surface area contributed by atoms with Gasteiger partial charge in [-0.25, -0.2) is 13.1 Å². The van der Waals surface area contributed by atoms with Gasteiger partial charge in [-0.15, -0.1) is 0 Å². The van der Waals surface area contributed by atoms with E-state index >= 15 is 0 Å². The Kier molecular flexibility index (Phi) is 5.97. The summed E-state index contributed by atoms with van der Waals surface area (Å²) in [4.78, 5) is 10.9. The smallest absolute Gasteiger partial charge is 0.305 e. The predicted octanol–water partition coefficient (Wildman–Crippen LogP) is 0.432. The zero-order chi connectivity index (χ0) is 14.3. The standard InChI is InChI=1S/C11H19N3O4S/c1-14-10(7-9-12-14)19(16,17)13-8-5-3-4-6-11(15)18-2/h7,9,13H,3-6,8H2,1-2H3. The third-order valence-corrected chi connectivity index (χ3v) is 4.16. The second kappa shape index (κ2) is 7.25. The second-order valence-electron chi connectivity index (χ2n) is 4.08. The molecule has 0 aliphatic heterocycles. The van der Waals surface area contributed by atoms with Gasteiger partial charge >= 0.3 is 5.97 Å². The second-order valence-corrected chi connectivity index (χ2v) is 5.79. The van der Waals surface area contributed by atoms with Gasteiger partial charge in [0.2, 0.25) is 0 Å². The Hall–Kier alpha value is -1.41. The molecule has 0 radical (unpaired) electrons. The molecule has 0 unspecified atom stereocenters. The fraction of sp³-hybridized carbons (Fsp3) is 0.636. The Balaban J connectivity index is 2.26. The number of ether oxygens (including phenoxy) is 1. The molecule has 8 heteroatoms. The number of aromatic nitrogens is 2. The molecule has 1 aromatic heterocycles. The lowest BCUT2D eigenvalue weighted by Crippen LogP contribution is -2.26. The lowest BCUT2D eigenvalue weighted by atomic mass is 10.2. The molecule has 0 amide bonds. The maximum Gasteiger partial charge on any atom is 0.305 e. The first-order valence-corrected chi connectivity index (χ1v) is 7.50. The summed E-state index contributed by atoms with van der Waals surface area (Å²) in [5, 5.41) is 3.96. The molecule has 0 aromatic carbocycles. The van der Waals surface area contributed by atoms with Crippen molar-refractivity contribution >= 4 is 16.0 Å². The van der Waals surface area contributed by atoms with Crippen LogP contribution in [0.4, 0.5) is 0 Å². The van der Waals surface area contributed by atoms with E-state index in [-0.39, 0.29) is 11.0 Å². The van der Waals surface area contributed by atoms with E-state index in [2.05, 4.69) is 14.6 Å². The van der Waals surface area contributed by atoms with E-state index in [4.69, 9.17) is 0 Å². The van der Waals surface area contributed by atoms with Crippen molar-refractivity contribution < 1.29 is 17.9 Å². The molecule has 0 aliphatic rings. The van der Waals surface area contributed by atoms with Gasteiger partial charge in [-0.05, 0) is 18.9 Å². The fourth-order valence-corrected chi connectivity index (χ4v) is 2.77. The summed E-state index contributed by atoms with van der Waals surface area (Å²) < 4.78 is 32.0. The highest BCUT2D eigenvalue weighted by Gasteiger charge is 2.16. The monoisotopic (exact) mass is 289 g/mol. The van der Waals surface area contributed by atoms with Crippen LogP contribution in [-0.2, 0) is 26.6 Å². The average Bonchev–Trinajstić information content (AvgIpc) is 2.80. The number of rotatable bonds is 8. The van der Waals surface area contributed by atoms with E-state index in [1.165, 1.54) is 24.1 Å². The summed E-state index contributed by atoms with van der Waals surface area (Å²) in [6.45, 7) is 0.342. The number of hydrogen-bond acceptors (Lipinski definition) is 5. The van der Waals surface area contributed by atoms with Gasteiger partial charge in [0.25, 0.3) is 10.0 Å². The summed E-state index contributed by atoms with van der Waals surface area (Å²) in [6.07, 6.45) is 3.94. The molecule has 1 rings (SSSR count). The number of unbranched alkanes of at least 4 members (excludes halogenated alkanes) is 2. The van der Waals surface area contributed by atoms with E-state index in [9.17, 15) is 13.2 Å². The number of methoxy groups -OCH3 is 1. The first-order valence-electron chi connectivity index (χ1n) is 6.02. The molecule has 19 heavy (non-hydrogen) atoms. The fourth-order valence-electron chi connectivity index (χ4n) is 1.58. The van der Waals surface area contributed by atoms with E-state index < -0.39 is 10.0 Å². The lowest BCUT2D eigenvalue weighted by Gasteiger charge is -2.06. The van der Waals surface area contributed by atoms with Gasteiger partial charge in [0, 0.05) is 20.0 Å². The Labute approximate surface area is 113 Å². The number of carbonyl (C=O) groups excluding carboxylic acids is 1. The van der Waals surface area contributed by atoms with Crippen LogP contribution in [0.25, 0.3) is 0 Å². The highest BCUT2D eigenvalue weighted by Crippen LogP contribution is 2.06. The summed E-state index contributed by atoms with van der Waals surface area (Å²) >= 11 is 0. The van der Waals surface area contributed by atoms with Crippen LogP contribution in [0, 0.1) is 0 Å². The minimum absolute atomic E-state index is 0.141. The van der Waals surface area contributed by atoms with Gasteiger partial charge in [-0.2, -0.15) is 5.10 Å². The van der Waals surface area contributed by atoms with Gasteiger partial charge in [0.15, 0.2) is 5.03 Å². The predicted molar refractivity (Wildman–Crippen MR) is 68.9 cm³/mol. The number of esters is 1. The summed E-state index contributed by atoms with van der Waals surface area (Å²) in [5.74, 6) is -0.240. The number of nitrogens with one attached hydrogen (secondary N) is 1. The SMILES string of the molecule is COC(=O)CCCCCNS(=O)(=O)c1ccnn1C. The zero-order valence-corrected chi connectivity index (χ0v) is 11.9. The van der Waals surface area contributed by atoms with Crippen LogP contribution in [-0.4, -0.2) is 37.8 Å². The molecule has 0 saturated carbocycles. The molecule has 0 aliphatic carbocycles. The van der Waals surface area contributed by atoms with Gasteiger partial charge < -0.3 is 4.74 Å². The zero-order valence-electron chi connectivity index (χ0n) is 11.1. The molecular formula is C11H19N3O4S. The normalized spacial score (nSPS) is 11.5. The first kappa shape index (κ1) is 15.6. The van der Waals surface area contributed by atoms with Gasteiger partial charge in [-0.1, -0.05) is 6.42 Å². The molecule has 0 bridgehead atoms. The van der Waals surface area contributed by atoms with E-state index in [0.717, 1.165) is 6.42 Å². The minimum Gasteiger partial charge on any atom is -0.469 e. The summed E-state index contributed by atoms with van der Waals surface area (Å²) in [5.41, 5.74) is 0. The Morgan fingerprint density at radius 2 is 2.16 bits per heavy atom. The molecule has 0 atom stereocenters. The van der Waals surface area contributed by atoms with Crippen molar-refractivity contribution in [1.29, 1.82) is 0 Å². The molecule has 0 fully saturated rings. The third kappa shape index (κ3) is 4.99. The number of aryl methyl sites for hydroxylation is 1. The maximum absolute atomic E-state index is 11.9. The van der Waals surface area contributed by atoms with Crippen molar-refractivity contribution in [3.05, 3.63) is 12.3 Å². The first-order chi connectivity index (χ1) is 8.97. The largest absolute Gasteiger partial charge is 0.469 e. The van der Waals surface area contributed by atoms with Crippen molar-refractivity contribution in [2.24, 2.45) is 7.05 Å². The molecule has 0 saturated heterocycles. The number of carbonyl (C=O) groups is 1. The molecule has 1 aromatic rings. The van der Waals surface area contributed by atoms with Crippen LogP contribution in [0.1, 0.15) is 25.7 Å². The van der Waals surface area contributed by atoms with Gasteiger partial charge in [0.05, 0.1) is 13.3 Å². The average molecular weight is 289 g/mol. The van der Waals surface area contributed by atoms with Crippen molar-refractivity contribution in [3.8, 4) is 0 Å². The van der Waals surface area contributed by atoms with Crippen LogP contribution >= 0.6 is 0 Å². The third-order valence-electron chi connectivity index (χ3n) is 2.63. The highest BCUT2D eigenvalue weighted by molar-refractivity contribution is 7.89. The van der Waals surface area contributed by atoms with Crippen molar-refractivity contribution in [2.75, 3.05) is 13.7 Å². The Bertz CT molecular complexity index is 510. The maximum atomic E-state index is 11.9. The Morgan fingerprint density at radius 1 is 1.42 bits per heavy atom. The van der Waals surface area contributed by atoms with E-state index in [1.807, 2.05) is 0 Å². The molecule has 1 heterocycles. The van der Waals surface area contributed by atoms with E-state index in [0.29, 0.717) is 25.8 Å². The molecule has 0 spiro atoms. The summed E-state index contributed by atoms with van der Waals surface area (Å²) in [7, 11) is -0.571. The van der Waals surface area contributed by atoms with Gasteiger partial charge in [-0.3, -0.25) is 9.48 Å². The topological polar surface area (TPSA) is 90.3 Å². The van der Waals surface area contributed by atoms with Crippen LogP contribution in [0.15, 0.2) is 17.3 Å². The van der Waals surface area contributed by atoms with Crippen LogP contribution in [0.3, 0.4) is 0 Å². The molecule has 7 nitrogen and oxygen atoms in total. The summed E-state index contributed by atoms with van der Waals surface area (Å²) in [6, 6.07) is 1.44. The minimum atomic E-state index is -3.50. The van der Waals surface area contributed by atoms with Crippen molar-refractivity contribution in [1.82, 2.24) is 14.5 Å². The van der Waals surface area contributed by atoms with Crippen LogP contribution in [0.5, 0.6) is 0 Å². The number of nitrogens with zero attached hydrogens (tertiary/aromatic N) is 2. The number of sulfonamides is 1. The number of hydrogen-bond donors (Lipinski definition) is 1. The quantitative estimate of drug-likeness (QED) is 0.553. The lowest BCUT2D eigenvalue weighted by molar-refractivity contribution is -0.140. The molecule has 108 valence electrons. The Morgan fingerprint density at radius 3 is 2.74 bits per heavy atom. The van der Waals surface area contributed by atoms with Crippen LogP contribution in [0.2, 0.25) is 0 Å². The van der Waals surface area contributed by atoms with Crippen LogP contribution < -0.4 is 4.72 Å².